The van der Waals surface area contributed by atoms with Crippen molar-refractivity contribution in [2.24, 2.45) is 0 Å². The molecule has 0 amide bonds. The fourth-order valence-electron chi connectivity index (χ4n) is 3.05. The third kappa shape index (κ3) is 2.41. The van der Waals surface area contributed by atoms with E-state index in [1.165, 1.54) is 19.3 Å². The zero-order valence-electron chi connectivity index (χ0n) is 11.5. The molecule has 20 heavy (non-hydrogen) atoms. The molecule has 2 aliphatic rings. The van der Waals surface area contributed by atoms with E-state index >= 15 is 0 Å². The Kier molecular flexibility index (Phi) is 3.89. The summed E-state index contributed by atoms with van der Waals surface area (Å²) in [4.78, 5) is 0.927. The molecule has 1 saturated carbocycles. The van der Waals surface area contributed by atoms with Gasteiger partial charge in [-0.3, -0.25) is 5.09 Å². The Balaban J connectivity index is 1.89. The first-order valence-corrected chi connectivity index (χ1v) is 10.2. The highest BCUT2D eigenvalue weighted by molar-refractivity contribution is 8.17. The molecular weight excluding hydrogens is 307 g/mol. The Morgan fingerprint density at radius 3 is 2.40 bits per heavy atom. The second kappa shape index (κ2) is 5.38. The number of methoxy groups -OCH3 is 1. The monoisotopic (exact) mass is 326 g/mol. The fraction of sp³-hybridized carbons (Fsp3) is 0.500. The summed E-state index contributed by atoms with van der Waals surface area (Å²) >= 11 is 11.5. The van der Waals surface area contributed by atoms with Crippen molar-refractivity contribution in [3.63, 3.8) is 0 Å². The van der Waals surface area contributed by atoms with Gasteiger partial charge in [0.1, 0.15) is 17.1 Å². The number of thiocarbonyl (C=S) groups is 1. The summed E-state index contributed by atoms with van der Waals surface area (Å²) in [6.45, 7) is 0. The van der Waals surface area contributed by atoms with Crippen LogP contribution in [0.1, 0.15) is 32.1 Å². The Labute approximate surface area is 130 Å². The van der Waals surface area contributed by atoms with Crippen LogP contribution in [0.25, 0.3) is 0 Å². The molecule has 0 bridgehead atoms. The number of nitrogens with one attached hydrogen (secondary N) is 2. The summed E-state index contributed by atoms with van der Waals surface area (Å²) in [6, 6.07) is 8.01. The van der Waals surface area contributed by atoms with Crippen molar-refractivity contribution < 1.29 is 4.74 Å². The number of hydrogen-bond acceptors (Lipinski definition) is 3. The van der Waals surface area contributed by atoms with E-state index in [4.69, 9.17) is 28.8 Å². The van der Waals surface area contributed by atoms with Gasteiger partial charge in [-0.1, -0.05) is 43.3 Å². The maximum atomic E-state index is 5.90. The van der Waals surface area contributed by atoms with Crippen LogP contribution in [-0.4, -0.2) is 17.6 Å². The van der Waals surface area contributed by atoms with Crippen LogP contribution in [0.4, 0.5) is 0 Å². The highest BCUT2D eigenvalue weighted by atomic mass is 32.4. The van der Waals surface area contributed by atoms with Crippen LogP contribution >= 0.6 is 18.6 Å². The van der Waals surface area contributed by atoms with Gasteiger partial charge in [-0.2, -0.15) is 0 Å². The van der Waals surface area contributed by atoms with Crippen LogP contribution in [-0.2, 0) is 11.8 Å². The van der Waals surface area contributed by atoms with E-state index in [1.54, 1.807) is 7.11 Å². The van der Waals surface area contributed by atoms with E-state index < -0.39 is 6.34 Å². The lowest BCUT2D eigenvalue weighted by atomic mass is 9.83. The van der Waals surface area contributed by atoms with E-state index in [2.05, 4.69) is 10.2 Å². The maximum absolute atomic E-state index is 5.90. The minimum atomic E-state index is -2.01. The molecule has 2 N–H and O–H groups in total. The SMILES string of the molecule is COc1ccc(P2(=S)NC(=S)C3(CCCCC3)N2)cc1. The molecule has 3 rings (SSSR count). The first-order valence-electron chi connectivity index (χ1n) is 6.95. The molecular formula is C14H19N2OPS2. The van der Waals surface area contributed by atoms with Gasteiger partial charge in [0.25, 0.3) is 0 Å². The van der Waals surface area contributed by atoms with E-state index in [9.17, 15) is 0 Å². The molecule has 1 aliphatic carbocycles. The van der Waals surface area contributed by atoms with Crippen molar-refractivity contribution in [3.8, 4) is 5.75 Å². The Morgan fingerprint density at radius 1 is 1.15 bits per heavy atom. The average Bonchev–Trinajstić information content (AvgIpc) is 2.72. The lowest BCUT2D eigenvalue weighted by Crippen LogP contribution is -2.46. The van der Waals surface area contributed by atoms with Crippen molar-refractivity contribution in [1.29, 1.82) is 0 Å². The molecule has 1 aliphatic heterocycles. The minimum Gasteiger partial charge on any atom is -0.497 e. The second-order valence-corrected chi connectivity index (χ2v) is 9.74. The average molecular weight is 326 g/mol. The fourth-order valence-corrected chi connectivity index (χ4v) is 7.44. The third-order valence-electron chi connectivity index (χ3n) is 4.21. The number of ether oxygens (including phenoxy) is 1. The number of rotatable bonds is 2. The van der Waals surface area contributed by atoms with Gasteiger partial charge >= 0.3 is 0 Å². The van der Waals surface area contributed by atoms with Gasteiger partial charge in [0.2, 0.25) is 0 Å². The summed E-state index contributed by atoms with van der Waals surface area (Å²) in [5, 5.41) is 8.29. The Hall–Kier alpha value is -0.480. The van der Waals surface area contributed by atoms with Gasteiger partial charge in [-0.25, -0.2) is 0 Å². The van der Waals surface area contributed by atoms with Crippen molar-refractivity contribution >= 4 is 40.7 Å². The van der Waals surface area contributed by atoms with Crippen LogP contribution in [0.2, 0.25) is 0 Å². The van der Waals surface area contributed by atoms with E-state index in [1.807, 2.05) is 24.3 Å². The van der Waals surface area contributed by atoms with E-state index in [0.29, 0.717) is 0 Å². The van der Waals surface area contributed by atoms with Gasteiger partial charge in [0.05, 0.1) is 12.6 Å². The number of benzene rings is 1. The molecule has 108 valence electrons. The van der Waals surface area contributed by atoms with Gasteiger partial charge in [-0.15, -0.1) is 0 Å². The zero-order valence-corrected chi connectivity index (χ0v) is 14.0. The molecule has 0 radical (unpaired) electrons. The van der Waals surface area contributed by atoms with Crippen LogP contribution in [0.15, 0.2) is 24.3 Å². The topological polar surface area (TPSA) is 33.3 Å². The number of hydrogen-bond donors (Lipinski definition) is 2. The van der Waals surface area contributed by atoms with Gasteiger partial charge in [-0.05, 0) is 37.1 Å². The molecule has 1 heterocycles. The molecule has 2 fully saturated rings. The minimum absolute atomic E-state index is 0.0525. The molecule has 1 saturated heterocycles. The summed E-state index contributed by atoms with van der Waals surface area (Å²) in [5.74, 6) is 0.851. The molecule has 1 unspecified atom stereocenters. The predicted molar refractivity (Wildman–Crippen MR) is 91.6 cm³/mol. The Morgan fingerprint density at radius 2 is 1.80 bits per heavy atom. The van der Waals surface area contributed by atoms with Crippen LogP contribution < -0.4 is 20.2 Å². The molecule has 1 atom stereocenters. The molecule has 1 aromatic rings. The summed E-state index contributed by atoms with van der Waals surface area (Å²) < 4.78 is 5.21. The van der Waals surface area contributed by atoms with Gasteiger partial charge in [0, 0.05) is 5.30 Å². The molecule has 6 heteroatoms. The normalized spacial score (nSPS) is 28.4. The zero-order chi connectivity index (χ0) is 14.2. The molecule has 0 aromatic heterocycles. The van der Waals surface area contributed by atoms with Gasteiger partial charge < -0.3 is 9.82 Å². The smallest absolute Gasteiger partial charge is 0.126 e. The van der Waals surface area contributed by atoms with Crippen molar-refractivity contribution in [2.45, 2.75) is 37.6 Å². The molecule has 1 aromatic carbocycles. The molecule has 1 spiro atoms. The lowest BCUT2D eigenvalue weighted by Gasteiger charge is -2.33. The standard InChI is InChI=1S/C14H19N2OPS2/c1-17-11-5-7-12(8-6-11)18(20)15-13(19)14(16-18)9-3-2-4-10-14/h5-8H,2-4,9-10H2,1H3,(H2,15,16,19,20). The maximum Gasteiger partial charge on any atom is 0.126 e. The first-order chi connectivity index (χ1) is 9.58. The summed E-state index contributed by atoms with van der Waals surface area (Å²) in [6.07, 6.45) is 3.96. The van der Waals surface area contributed by atoms with E-state index in [-0.39, 0.29) is 5.54 Å². The summed E-state index contributed by atoms with van der Waals surface area (Å²) in [7, 11) is 1.67. The summed E-state index contributed by atoms with van der Waals surface area (Å²) in [5.41, 5.74) is -0.0525. The van der Waals surface area contributed by atoms with Crippen LogP contribution in [0, 0.1) is 0 Å². The first kappa shape index (κ1) is 14.5. The Bertz CT molecular complexity index is 567. The van der Waals surface area contributed by atoms with Crippen LogP contribution in [0.5, 0.6) is 5.75 Å². The highest BCUT2D eigenvalue weighted by Gasteiger charge is 2.47. The van der Waals surface area contributed by atoms with E-state index in [0.717, 1.165) is 28.9 Å². The second-order valence-electron chi connectivity index (χ2n) is 5.50. The lowest BCUT2D eigenvalue weighted by molar-refractivity contribution is 0.366. The van der Waals surface area contributed by atoms with Crippen molar-refractivity contribution in [2.75, 3.05) is 7.11 Å². The quantitative estimate of drug-likeness (QED) is 0.645. The molecule has 3 nitrogen and oxygen atoms in total. The van der Waals surface area contributed by atoms with Crippen LogP contribution in [0.3, 0.4) is 0 Å². The largest absolute Gasteiger partial charge is 0.497 e. The third-order valence-corrected chi connectivity index (χ3v) is 8.34. The predicted octanol–water partition coefficient (Wildman–Crippen LogP) is 2.85. The highest BCUT2D eigenvalue weighted by Crippen LogP contribution is 2.48. The van der Waals surface area contributed by atoms with Gasteiger partial charge in [0.15, 0.2) is 0 Å². The van der Waals surface area contributed by atoms with Crippen molar-refractivity contribution in [3.05, 3.63) is 24.3 Å². The van der Waals surface area contributed by atoms with Crippen molar-refractivity contribution in [1.82, 2.24) is 10.2 Å².